The molecule has 0 saturated heterocycles. The van der Waals surface area contributed by atoms with Gasteiger partial charge in [-0.1, -0.05) is 6.58 Å². The third-order valence-electron chi connectivity index (χ3n) is 2.62. The molecule has 1 aliphatic rings. The fourth-order valence-corrected chi connectivity index (χ4v) is 1.72. The third kappa shape index (κ3) is 3.68. The second-order valence-corrected chi connectivity index (χ2v) is 4.31. The summed E-state index contributed by atoms with van der Waals surface area (Å²) < 4.78 is 0. The Morgan fingerprint density at radius 1 is 1.39 bits per heavy atom. The number of benzene rings is 1. The summed E-state index contributed by atoms with van der Waals surface area (Å²) in [6.07, 6.45) is 5.88. The molecule has 1 aliphatic heterocycles. The van der Waals surface area contributed by atoms with Crippen LogP contribution in [0.3, 0.4) is 0 Å². The van der Waals surface area contributed by atoms with Crippen molar-refractivity contribution in [1.82, 2.24) is 4.90 Å². The van der Waals surface area contributed by atoms with Crippen LogP contribution >= 0.6 is 0 Å². The van der Waals surface area contributed by atoms with Crippen molar-refractivity contribution < 1.29 is 21.1 Å². The predicted molar refractivity (Wildman–Crippen MR) is 70.3 cm³/mol. The Kier molecular flexibility index (Phi) is 5.55. The Morgan fingerprint density at radius 2 is 2.17 bits per heavy atom. The van der Waals surface area contributed by atoms with E-state index >= 15 is 0 Å². The smallest absolute Gasteiger partial charge is 0.432 e. The summed E-state index contributed by atoms with van der Waals surface area (Å²) in [5, 5.41) is 0. The van der Waals surface area contributed by atoms with E-state index in [0.29, 0.717) is 6.04 Å². The van der Waals surface area contributed by atoms with Crippen LogP contribution in [0.25, 0.3) is 0 Å². The number of rotatable bonds is 3. The average Bonchev–Trinajstić information content (AvgIpc) is 2.30. The third-order valence-corrected chi connectivity index (χ3v) is 2.62. The van der Waals surface area contributed by atoms with Crippen molar-refractivity contribution in [3.05, 3.63) is 60.6 Å². The normalized spacial score (nSPS) is 14.5. The Balaban J connectivity index is 0.00000162. The van der Waals surface area contributed by atoms with E-state index in [1.807, 2.05) is 35.4 Å². The Labute approximate surface area is 123 Å². The number of nitrogens with zero attached hydrogens (tertiary/aromatic N) is 2. The van der Waals surface area contributed by atoms with Gasteiger partial charge in [0.05, 0.1) is 0 Å². The molecule has 0 unspecified atom stereocenters. The molecule has 2 rings (SSSR count). The summed E-state index contributed by atoms with van der Waals surface area (Å²) in [6, 6.07) is 11.5. The van der Waals surface area contributed by atoms with Crippen LogP contribution in [-0.2, 0) is 27.5 Å². The molecule has 0 bridgehead atoms. The standard InChI is InChI=1S/C15H16N2.W/c1-12(2)17-10-9-15(16-13(17)3)11-14-7-5-4-6-8-14;/h4-7,10,12H,3,11H2,1-2H3;/q-2;+2. The summed E-state index contributed by atoms with van der Waals surface area (Å²) in [5.74, 6) is 0.782. The second kappa shape index (κ2) is 6.70. The van der Waals surface area contributed by atoms with Gasteiger partial charge in [-0.15, -0.1) is 5.71 Å². The molecule has 0 radical (unpaired) electrons. The molecule has 0 aliphatic carbocycles. The average molecular weight is 408 g/mol. The first-order valence-corrected chi connectivity index (χ1v) is 5.77. The van der Waals surface area contributed by atoms with Crippen molar-refractivity contribution >= 4 is 5.71 Å². The van der Waals surface area contributed by atoms with Gasteiger partial charge in [-0.3, -0.25) is 4.99 Å². The minimum atomic E-state index is 0. The molecule has 0 spiro atoms. The monoisotopic (exact) mass is 408 g/mol. The van der Waals surface area contributed by atoms with Gasteiger partial charge in [-0.05, 0) is 20.3 Å². The molecule has 3 heteroatoms. The maximum absolute atomic E-state index is 4.47. The Morgan fingerprint density at radius 3 is 2.72 bits per heavy atom. The SMILES string of the molecule is C=C1N=C(Cc2[c-]cccc2)[C-]=CN1C(C)C.[W+2]. The van der Waals surface area contributed by atoms with Crippen LogP contribution in [0, 0.1) is 12.1 Å². The molecule has 0 N–H and O–H groups in total. The van der Waals surface area contributed by atoms with E-state index in [1.165, 1.54) is 0 Å². The van der Waals surface area contributed by atoms with Crippen molar-refractivity contribution in [2.24, 2.45) is 4.99 Å². The van der Waals surface area contributed by atoms with Crippen LogP contribution in [0.4, 0.5) is 0 Å². The molecule has 0 aromatic heterocycles. The van der Waals surface area contributed by atoms with Gasteiger partial charge >= 0.3 is 21.1 Å². The first-order valence-electron chi connectivity index (χ1n) is 5.77. The summed E-state index contributed by atoms with van der Waals surface area (Å²) >= 11 is 0. The molecule has 1 aromatic carbocycles. The fraction of sp³-hybridized carbons (Fsp3) is 0.267. The summed E-state index contributed by atoms with van der Waals surface area (Å²) in [7, 11) is 0. The van der Waals surface area contributed by atoms with Crippen molar-refractivity contribution in [2.75, 3.05) is 0 Å². The second-order valence-electron chi connectivity index (χ2n) is 4.31. The molecular formula is C15H16N2W. The van der Waals surface area contributed by atoms with Crippen molar-refractivity contribution in [1.29, 1.82) is 0 Å². The van der Waals surface area contributed by atoms with E-state index in [9.17, 15) is 0 Å². The van der Waals surface area contributed by atoms with Crippen LogP contribution in [0.1, 0.15) is 19.4 Å². The van der Waals surface area contributed by atoms with Gasteiger partial charge in [0, 0.05) is 6.04 Å². The molecule has 18 heavy (non-hydrogen) atoms. The van der Waals surface area contributed by atoms with E-state index in [2.05, 4.69) is 37.6 Å². The quantitative estimate of drug-likeness (QED) is 0.703. The van der Waals surface area contributed by atoms with Gasteiger partial charge in [0.2, 0.25) is 0 Å². The maximum atomic E-state index is 4.47. The van der Waals surface area contributed by atoms with E-state index in [1.54, 1.807) is 0 Å². The van der Waals surface area contributed by atoms with Gasteiger partial charge in [0.15, 0.2) is 0 Å². The molecule has 0 saturated carbocycles. The maximum Gasteiger partial charge on any atom is 2.00 e. The van der Waals surface area contributed by atoms with Crippen LogP contribution in [0.15, 0.2) is 47.9 Å². The molecular weight excluding hydrogens is 392 g/mol. The fourth-order valence-electron chi connectivity index (χ4n) is 1.72. The number of aliphatic imine (C=N–C) groups is 1. The predicted octanol–water partition coefficient (Wildman–Crippen LogP) is 2.98. The zero-order chi connectivity index (χ0) is 12.3. The van der Waals surface area contributed by atoms with E-state index in [4.69, 9.17) is 0 Å². The number of allylic oxidation sites excluding steroid dienone is 1. The number of hydrogen-bond donors (Lipinski definition) is 0. The van der Waals surface area contributed by atoms with Crippen LogP contribution in [-0.4, -0.2) is 16.7 Å². The minimum Gasteiger partial charge on any atom is -0.432 e. The minimum absolute atomic E-state index is 0. The molecule has 0 atom stereocenters. The van der Waals surface area contributed by atoms with Gasteiger partial charge in [0.25, 0.3) is 0 Å². The van der Waals surface area contributed by atoms with Crippen LogP contribution in [0.5, 0.6) is 0 Å². The van der Waals surface area contributed by atoms with Gasteiger partial charge in [-0.2, -0.15) is 42.1 Å². The van der Waals surface area contributed by atoms with Crippen LogP contribution in [0.2, 0.25) is 0 Å². The first kappa shape index (κ1) is 14.9. The number of hydrogen-bond acceptors (Lipinski definition) is 2. The summed E-state index contributed by atoms with van der Waals surface area (Å²) in [4.78, 5) is 6.48. The first-order chi connectivity index (χ1) is 8.16. The zero-order valence-corrected chi connectivity index (χ0v) is 13.6. The van der Waals surface area contributed by atoms with Crippen molar-refractivity contribution in [3.8, 4) is 0 Å². The van der Waals surface area contributed by atoms with Crippen molar-refractivity contribution in [3.63, 3.8) is 0 Å². The Bertz CT molecular complexity index is 461. The van der Waals surface area contributed by atoms with Gasteiger partial charge in [0.1, 0.15) is 5.82 Å². The summed E-state index contributed by atoms with van der Waals surface area (Å²) in [6.45, 7) is 8.18. The van der Waals surface area contributed by atoms with Gasteiger partial charge in [-0.25, -0.2) is 0 Å². The van der Waals surface area contributed by atoms with Crippen LogP contribution < -0.4 is 0 Å². The van der Waals surface area contributed by atoms with E-state index < -0.39 is 0 Å². The Hall–Kier alpha value is -1.14. The molecule has 0 fully saturated rings. The molecule has 2 nitrogen and oxygen atoms in total. The van der Waals surface area contributed by atoms with E-state index in [0.717, 1.165) is 23.5 Å². The van der Waals surface area contributed by atoms with Crippen molar-refractivity contribution in [2.45, 2.75) is 26.3 Å². The topological polar surface area (TPSA) is 15.6 Å². The molecule has 92 valence electrons. The largest absolute Gasteiger partial charge is 2.00 e. The zero-order valence-electron chi connectivity index (χ0n) is 10.7. The van der Waals surface area contributed by atoms with Gasteiger partial charge < -0.3 is 11.0 Å². The van der Waals surface area contributed by atoms with E-state index in [-0.39, 0.29) is 21.1 Å². The summed E-state index contributed by atoms with van der Waals surface area (Å²) in [5.41, 5.74) is 2.03. The molecule has 0 amide bonds. The molecule has 1 heterocycles. The molecule has 1 aromatic rings.